The lowest BCUT2D eigenvalue weighted by Gasteiger charge is -1.99. The molecule has 3 rings (SSSR count). The normalized spacial score (nSPS) is 10.8. The summed E-state index contributed by atoms with van der Waals surface area (Å²) in [4.78, 5) is 12.4. The Kier molecular flexibility index (Phi) is 2.67. The van der Waals surface area contributed by atoms with Crippen LogP contribution in [0.5, 0.6) is 0 Å². The van der Waals surface area contributed by atoms with Gasteiger partial charge in [0.15, 0.2) is 5.78 Å². The molecule has 0 amide bonds. The molecule has 0 aliphatic carbocycles. The van der Waals surface area contributed by atoms with E-state index in [2.05, 4.69) is 0 Å². The number of rotatable bonds is 2. The number of carbonyl (C=O) groups is 1. The maximum atomic E-state index is 12.9. The van der Waals surface area contributed by atoms with E-state index in [4.69, 9.17) is 0 Å². The first-order valence-electron chi connectivity index (χ1n) is 6.01. The topological polar surface area (TPSA) is 22.0 Å². The van der Waals surface area contributed by atoms with Crippen molar-refractivity contribution in [2.24, 2.45) is 7.05 Å². The standard InChI is InChI=1S/C16H12FNO/c1-18-10-14(13-4-2-3-5-15(13)18)16(19)11-6-8-12(17)9-7-11/h2-10H,1H3. The molecule has 19 heavy (non-hydrogen) atoms. The van der Waals surface area contributed by atoms with Crippen LogP contribution in [0.1, 0.15) is 15.9 Å². The molecule has 1 heterocycles. The van der Waals surface area contributed by atoms with Crippen molar-refractivity contribution >= 4 is 16.7 Å². The first-order chi connectivity index (χ1) is 9.16. The minimum absolute atomic E-state index is 0.0863. The third kappa shape index (κ3) is 1.93. The summed E-state index contributed by atoms with van der Waals surface area (Å²) in [6, 6.07) is 13.4. The zero-order valence-electron chi connectivity index (χ0n) is 10.4. The molecule has 1 aromatic heterocycles. The van der Waals surface area contributed by atoms with Gasteiger partial charge in [0.25, 0.3) is 0 Å². The summed E-state index contributed by atoms with van der Waals surface area (Å²) >= 11 is 0. The second-order valence-corrected chi connectivity index (χ2v) is 4.51. The predicted octanol–water partition coefficient (Wildman–Crippen LogP) is 3.55. The van der Waals surface area contributed by atoms with Gasteiger partial charge in [-0.25, -0.2) is 4.39 Å². The molecule has 2 aromatic carbocycles. The summed E-state index contributed by atoms with van der Waals surface area (Å²) in [5.74, 6) is -0.425. The van der Waals surface area contributed by atoms with Crippen LogP contribution in [0.3, 0.4) is 0 Å². The summed E-state index contributed by atoms with van der Waals surface area (Å²) in [5, 5.41) is 0.916. The average Bonchev–Trinajstić information content (AvgIpc) is 2.77. The fourth-order valence-corrected chi connectivity index (χ4v) is 2.28. The van der Waals surface area contributed by atoms with E-state index in [1.54, 1.807) is 0 Å². The van der Waals surface area contributed by atoms with Crippen LogP contribution in [0.4, 0.5) is 4.39 Å². The number of fused-ring (bicyclic) bond motifs is 1. The first-order valence-corrected chi connectivity index (χ1v) is 6.01. The highest BCUT2D eigenvalue weighted by Crippen LogP contribution is 2.23. The number of carbonyl (C=O) groups excluding carboxylic acids is 1. The number of ketones is 1. The molecule has 0 N–H and O–H groups in total. The smallest absolute Gasteiger partial charge is 0.195 e. The van der Waals surface area contributed by atoms with Crippen molar-refractivity contribution in [3.63, 3.8) is 0 Å². The molecule has 3 heteroatoms. The minimum atomic E-state index is -0.338. The zero-order valence-corrected chi connectivity index (χ0v) is 10.4. The van der Waals surface area contributed by atoms with Crippen molar-refractivity contribution in [3.05, 3.63) is 71.7 Å². The largest absolute Gasteiger partial charge is 0.350 e. The maximum absolute atomic E-state index is 12.9. The quantitative estimate of drug-likeness (QED) is 0.640. The Morgan fingerprint density at radius 2 is 1.74 bits per heavy atom. The van der Waals surface area contributed by atoms with E-state index in [0.29, 0.717) is 11.1 Å². The molecular weight excluding hydrogens is 241 g/mol. The Balaban J connectivity index is 2.14. The highest BCUT2D eigenvalue weighted by Gasteiger charge is 2.15. The summed E-state index contributed by atoms with van der Waals surface area (Å²) in [6.07, 6.45) is 1.82. The second kappa shape index (κ2) is 4.35. The van der Waals surface area contributed by atoms with E-state index in [0.717, 1.165) is 10.9 Å². The third-order valence-corrected chi connectivity index (χ3v) is 3.25. The molecule has 0 bridgehead atoms. The second-order valence-electron chi connectivity index (χ2n) is 4.51. The Bertz CT molecular complexity index is 756. The molecule has 0 aliphatic heterocycles. The lowest BCUT2D eigenvalue weighted by Crippen LogP contribution is -2.00. The van der Waals surface area contributed by atoms with Gasteiger partial charge in [0.1, 0.15) is 5.82 Å². The first kappa shape index (κ1) is 11.7. The van der Waals surface area contributed by atoms with Crippen LogP contribution < -0.4 is 0 Å². The van der Waals surface area contributed by atoms with Gasteiger partial charge >= 0.3 is 0 Å². The fraction of sp³-hybridized carbons (Fsp3) is 0.0625. The van der Waals surface area contributed by atoms with Crippen molar-refractivity contribution in [2.75, 3.05) is 0 Å². The van der Waals surface area contributed by atoms with E-state index in [1.165, 1.54) is 24.3 Å². The molecule has 94 valence electrons. The number of hydrogen-bond acceptors (Lipinski definition) is 1. The van der Waals surface area contributed by atoms with Gasteiger partial charge in [-0.1, -0.05) is 18.2 Å². The van der Waals surface area contributed by atoms with Crippen molar-refractivity contribution in [2.45, 2.75) is 0 Å². The maximum Gasteiger partial charge on any atom is 0.195 e. The SMILES string of the molecule is Cn1cc(C(=O)c2ccc(F)cc2)c2ccccc21. The van der Waals surface area contributed by atoms with Gasteiger partial charge in [-0.2, -0.15) is 0 Å². The molecule has 0 atom stereocenters. The number of aryl methyl sites for hydroxylation is 1. The number of nitrogens with zero attached hydrogens (tertiary/aromatic N) is 1. The third-order valence-electron chi connectivity index (χ3n) is 3.25. The van der Waals surface area contributed by atoms with Gasteiger partial charge in [-0.05, 0) is 30.3 Å². The number of aromatic nitrogens is 1. The Morgan fingerprint density at radius 3 is 2.47 bits per heavy atom. The minimum Gasteiger partial charge on any atom is -0.350 e. The van der Waals surface area contributed by atoms with Crippen LogP contribution >= 0.6 is 0 Å². The van der Waals surface area contributed by atoms with Crippen LogP contribution in [0.2, 0.25) is 0 Å². The van der Waals surface area contributed by atoms with Gasteiger partial charge in [0.05, 0.1) is 0 Å². The fourth-order valence-electron chi connectivity index (χ4n) is 2.28. The highest BCUT2D eigenvalue weighted by atomic mass is 19.1. The monoisotopic (exact) mass is 253 g/mol. The average molecular weight is 253 g/mol. The van der Waals surface area contributed by atoms with Crippen LogP contribution in [0.15, 0.2) is 54.7 Å². The highest BCUT2D eigenvalue weighted by molar-refractivity contribution is 6.16. The van der Waals surface area contributed by atoms with Gasteiger partial charge < -0.3 is 4.57 Å². The van der Waals surface area contributed by atoms with Crippen molar-refractivity contribution in [3.8, 4) is 0 Å². The van der Waals surface area contributed by atoms with Crippen LogP contribution in [-0.4, -0.2) is 10.4 Å². The number of benzene rings is 2. The van der Waals surface area contributed by atoms with E-state index in [9.17, 15) is 9.18 Å². The van der Waals surface area contributed by atoms with Crippen molar-refractivity contribution < 1.29 is 9.18 Å². The lowest BCUT2D eigenvalue weighted by molar-refractivity contribution is 0.104. The van der Waals surface area contributed by atoms with E-state index < -0.39 is 0 Å². The van der Waals surface area contributed by atoms with Gasteiger partial charge in [0, 0.05) is 35.3 Å². The van der Waals surface area contributed by atoms with E-state index in [1.807, 2.05) is 42.1 Å². The molecule has 2 nitrogen and oxygen atoms in total. The molecule has 3 aromatic rings. The summed E-state index contributed by atoms with van der Waals surface area (Å²) in [5.41, 5.74) is 2.15. The molecule has 0 radical (unpaired) electrons. The summed E-state index contributed by atoms with van der Waals surface area (Å²) in [7, 11) is 1.91. The Labute approximate surface area is 110 Å². The summed E-state index contributed by atoms with van der Waals surface area (Å²) in [6.45, 7) is 0. The number of halogens is 1. The zero-order chi connectivity index (χ0) is 13.4. The molecule has 0 unspecified atom stereocenters. The molecule has 0 saturated carbocycles. The molecule has 0 aliphatic rings. The van der Waals surface area contributed by atoms with Gasteiger partial charge in [0.2, 0.25) is 0 Å². The molecule has 0 spiro atoms. The van der Waals surface area contributed by atoms with Gasteiger partial charge in [-0.15, -0.1) is 0 Å². The van der Waals surface area contributed by atoms with Crippen LogP contribution in [0, 0.1) is 5.82 Å². The number of hydrogen-bond donors (Lipinski definition) is 0. The van der Waals surface area contributed by atoms with Crippen LogP contribution in [0.25, 0.3) is 10.9 Å². The molecule has 0 saturated heterocycles. The molecular formula is C16H12FNO. The summed E-state index contributed by atoms with van der Waals surface area (Å²) < 4.78 is 14.8. The number of para-hydroxylation sites is 1. The van der Waals surface area contributed by atoms with E-state index >= 15 is 0 Å². The predicted molar refractivity (Wildman–Crippen MR) is 72.8 cm³/mol. The molecule has 0 fully saturated rings. The van der Waals surface area contributed by atoms with E-state index in [-0.39, 0.29) is 11.6 Å². The van der Waals surface area contributed by atoms with Crippen LogP contribution in [-0.2, 0) is 7.05 Å². The van der Waals surface area contributed by atoms with Gasteiger partial charge in [-0.3, -0.25) is 4.79 Å². The Hall–Kier alpha value is -2.42. The van der Waals surface area contributed by atoms with Crippen molar-refractivity contribution in [1.29, 1.82) is 0 Å². The lowest BCUT2D eigenvalue weighted by atomic mass is 10.0. The Morgan fingerprint density at radius 1 is 1.05 bits per heavy atom. The van der Waals surface area contributed by atoms with Crippen molar-refractivity contribution in [1.82, 2.24) is 4.57 Å².